The molecule has 0 amide bonds. The lowest BCUT2D eigenvalue weighted by atomic mass is 10.1. The second kappa shape index (κ2) is 8.53. The van der Waals surface area contributed by atoms with E-state index in [1.165, 1.54) is 36.4 Å². The SMILES string of the molecule is O=C(OCc1ccc([N+](=O)[O-])cc1)c1cc([N+](=O)[O-])ccc1NCCO. The molecule has 0 aliphatic heterocycles. The smallest absolute Gasteiger partial charge is 0.340 e. The first-order valence-electron chi connectivity index (χ1n) is 7.46. The average Bonchev–Trinajstić information content (AvgIpc) is 2.64. The van der Waals surface area contributed by atoms with E-state index in [0.717, 1.165) is 6.07 Å². The van der Waals surface area contributed by atoms with E-state index in [4.69, 9.17) is 9.84 Å². The van der Waals surface area contributed by atoms with Crippen LogP contribution in [0.25, 0.3) is 0 Å². The van der Waals surface area contributed by atoms with Gasteiger partial charge >= 0.3 is 5.97 Å². The molecule has 2 rings (SSSR count). The van der Waals surface area contributed by atoms with Crippen LogP contribution in [0.4, 0.5) is 17.1 Å². The first-order valence-corrected chi connectivity index (χ1v) is 7.46. The Balaban J connectivity index is 2.14. The lowest BCUT2D eigenvalue weighted by Gasteiger charge is -2.11. The van der Waals surface area contributed by atoms with Gasteiger partial charge in [0.05, 0.1) is 22.0 Å². The van der Waals surface area contributed by atoms with Gasteiger partial charge in [-0.2, -0.15) is 0 Å². The van der Waals surface area contributed by atoms with Gasteiger partial charge < -0.3 is 15.2 Å². The van der Waals surface area contributed by atoms with Crippen molar-refractivity contribution in [3.63, 3.8) is 0 Å². The minimum absolute atomic E-state index is 0.0467. The first kappa shape index (κ1) is 18.8. The Morgan fingerprint density at radius 3 is 2.23 bits per heavy atom. The van der Waals surface area contributed by atoms with E-state index >= 15 is 0 Å². The lowest BCUT2D eigenvalue weighted by Crippen LogP contribution is -2.13. The second-order valence-corrected chi connectivity index (χ2v) is 5.14. The number of non-ortho nitro benzene ring substituents is 2. The number of ether oxygens (including phenoxy) is 1. The molecule has 10 nitrogen and oxygen atoms in total. The van der Waals surface area contributed by atoms with E-state index in [0.29, 0.717) is 11.3 Å². The summed E-state index contributed by atoms with van der Waals surface area (Å²) in [7, 11) is 0. The normalized spacial score (nSPS) is 10.2. The Kier molecular flexibility index (Phi) is 6.17. The third kappa shape index (κ3) is 4.74. The number of aliphatic hydroxyl groups is 1. The van der Waals surface area contributed by atoms with Crippen molar-refractivity contribution in [2.45, 2.75) is 6.61 Å². The molecule has 0 atom stereocenters. The number of nitrogens with zero attached hydrogens (tertiary/aromatic N) is 2. The molecule has 0 unspecified atom stereocenters. The van der Waals surface area contributed by atoms with Crippen molar-refractivity contribution < 1.29 is 24.5 Å². The molecule has 0 bridgehead atoms. The van der Waals surface area contributed by atoms with Gasteiger partial charge in [-0.3, -0.25) is 20.2 Å². The predicted octanol–water partition coefficient (Wildman–Crippen LogP) is 2.26. The standard InChI is InChI=1S/C16H15N3O7/c20-8-7-17-15-6-5-13(19(24)25)9-14(15)16(21)26-10-11-1-3-12(4-2-11)18(22)23/h1-6,9,17,20H,7-8,10H2. The molecule has 2 N–H and O–H groups in total. The highest BCUT2D eigenvalue weighted by molar-refractivity contribution is 5.96. The number of nitrogens with one attached hydrogen (secondary N) is 1. The minimum Gasteiger partial charge on any atom is -0.457 e. The molecule has 0 heterocycles. The monoisotopic (exact) mass is 361 g/mol. The van der Waals surface area contributed by atoms with Gasteiger partial charge in [0.1, 0.15) is 6.61 Å². The molecule has 0 aliphatic carbocycles. The average molecular weight is 361 g/mol. The van der Waals surface area contributed by atoms with Gasteiger partial charge in [-0.05, 0) is 23.8 Å². The molecular formula is C16H15N3O7. The first-order chi connectivity index (χ1) is 12.4. The number of carbonyl (C=O) groups excluding carboxylic acids is 1. The van der Waals surface area contributed by atoms with Gasteiger partial charge in [0.2, 0.25) is 0 Å². The van der Waals surface area contributed by atoms with E-state index in [1.54, 1.807) is 0 Å². The maximum Gasteiger partial charge on any atom is 0.340 e. The van der Waals surface area contributed by atoms with Gasteiger partial charge in [-0.1, -0.05) is 0 Å². The minimum atomic E-state index is -0.799. The zero-order valence-corrected chi connectivity index (χ0v) is 13.5. The molecule has 2 aromatic rings. The highest BCUT2D eigenvalue weighted by Gasteiger charge is 2.18. The Bertz CT molecular complexity index is 821. The maximum atomic E-state index is 12.3. The number of esters is 1. The van der Waals surface area contributed by atoms with Crippen LogP contribution in [0.5, 0.6) is 0 Å². The zero-order valence-electron chi connectivity index (χ0n) is 13.5. The molecular weight excluding hydrogens is 346 g/mol. The van der Waals surface area contributed by atoms with Crippen molar-refractivity contribution in [3.05, 3.63) is 73.8 Å². The third-order valence-corrected chi connectivity index (χ3v) is 3.38. The van der Waals surface area contributed by atoms with Crippen LogP contribution in [-0.2, 0) is 11.3 Å². The molecule has 0 saturated carbocycles. The van der Waals surface area contributed by atoms with Crippen LogP contribution in [-0.4, -0.2) is 34.1 Å². The number of anilines is 1. The summed E-state index contributed by atoms with van der Waals surface area (Å²) in [6.07, 6.45) is 0. The summed E-state index contributed by atoms with van der Waals surface area (Å²) in [5.41, 5.74) is 0.406. The summed E-state index contributed by atoms with van der Waals surface area (Å²) >= 11 is 0. The topological polar surface area (TPSA) is 145 Å². The van der Waals surface area contributed by atoms with Gasteiger partial charge in [0.15, 0.2) is 0 Å². The van der Waals surface area contributed by atoms with Crippen LogP contribution in [0.3, 0.4) is 0 Å². The molecule has 136 valence electrons. The second-order valence-electron chi connectivity index (χ2n) is 5.14. The van der Waals surface area contributed by atoms with Crippen LogP contribution < -0.4 is 5.32 Å². The lowest BCUT2D eigenvalue weighted by molar-refractivity contribution is -0.385. The molecule has 10 heteroatoms. The van der Waals surface area contributed by atoms with Crippen LogP contribution >= 0.6 is 0 Å². The van der Waals surface area contributed by atoms with Gasteiger partial charge in [-0.25, -0.2) is 4.79 Å². The van der Waals surface area contributed by atoms with Crippen molar-refractivity contribution in [3.8, 4) is 0 Å². The van der Waals surface area contributed by atoms with Gasteiger partial charge in [0, 0.05) is 36.5 Å². The van der Waals surface area contributed by atoms with E-state index in [2.05, 4.69) is 5.32 Å². The van der Waals surface area contributed by atoms with E-state index < -0.39 is 15.8 Å². The van der Waals surface area contributed by atoms with Crippen molar-refractivity contribution in [1.29, 1.82) is 0 Å². The molecule has 2 aromatic carbocycles. The zero-order chi connectivity index (χ0) is 19.1. The molecule has 26 heavy (non-hydrogen) atoms. The van der Waals surface area contributed by atoms with Crippen LogP contribution in [0.2, 0.25) is 0 Å². The maximum absolute atomic E-state index is 12.3. The fourth-order valence-corrected chi connectivity index (χ4v) is 2.10. The number of nitro groups is 2. The molecule has 0 aromatic heterocycles. The molecule has 0 fully saturated rings. The van der Waals surface area contributed by atoms with Gasteiger partial charge in [0.25, 0.3) is 11.4 Å². The molecule has 0 aliphatic rings. The number of nitro benzene ring substituents is 2. The summed E-state index contributed by atoms with van der Waals surface area (Å²) in [5, 5.41) is 33.2. The predicted molar refractivity (Wildman–Crippen MR) is 90.9 cm³/mol. The summed E-state index contributed by atoms with van der Waals surface area (Å²) in [4.78, 5) is 32.6. The summed E-state index contributed by atoms with van der Waals surface area (Å²) in [5.74, 6) is -0.799. The van der Waals surface area contributed by atoms with Crippen molar-refractivity contribution >= 4 is 23.0 Å². The van der Waals surface area contributed by atoms with Crippen molar-refractivity contribution in [2.75, 3.05) is 18.5 Å². The highest BCUT2D eigenvalue weighted by atomic mass is 16.6. The number of aliphatic hydroxyl groups excluding tert-OH is 1. The molecule has 0 spiro atoms. The van der Waals surface area contributed by atoms with Crippen molar-refractivity contribution in [1.82, 2.24) is 0 Å². The van der Waals surface area contributed by atoms with Crippen LogP contribution in [0.1, 0.15) is 15.9 Å². The van der Waals surface area contributed by atoms with Crippen molar-refractivity contribution in [2.24, 2.45) is 0 Å². The fourth-order valence-electron chi connectivity index (χ4n) is 2.10. The number of rotatable bonds is 8. The summed E-state index contributed by atoms with van der Waals surface area (Å²) < 4.78 is 5.14. The van der Waals surface area contributed by atoms with Crippen LogP contribution in [0, 0.1) is 20.2 Å². The number of carbonyl (C=O) groups is 1. The Morgan fingerprint density at radius 1 is 1.04 bits per heavy atom. The number of hydrogen-bond acceptors (Lipinski definition) is 8. The third-order valence-electron chi connectivity index (χ3n) is 3.38. The number of hydrogen-bond donors (Lipinski definition) is 2. The van der Waals surface area contributed by atoms with Crippen LogP contribution in [0.15, 0.2) is 42.5 Å². The highest BCUT2D eigenvalue weighted by Crippen LogP contribution is 2.23. The number of benzene rings is 2. The Labute approximate surface area is 147 Å². The largest absolute Gasteiger partial charge is 0.457 e. The summed E-state index contributed by atoms with van der Waals surface area (Å²) in [6.45, 7) is -0.187. The molecule has 0 radical (unpaired) electrons. The summed E-state index contributed by atoms with van der Waals surface area (Å²) in [6, 6.07) is 9.13. The molecule has 0 saturated heterocycles. The Hall–Kier alpha value is -3.53. The van der Waals surface area contributed by atoms with E-state index in [9.17, 15) is 25.0 Å². The quantitative estimate of drug-likeness (QED) is 0.414. The Morgan fingerprint density at radius 2 is 1.65 bits per heavy atom. The van der Waals surface area contributed by atoms with Gasteiger partial charge in [-0.15, -0.1) is 0 Å². The fraction of sp³-hybridized carbons (Fsp3) is 0.188. The van der Waals surface area contributed by atoms with E-state index in [-0.39, 0.29) is 36.7 Å². The van der Waals surface area contributed by atoms with E-state index in [1.807, 2.05) is 0 Å².